The highest BCUT2D eigenvalue weighted by molar-refractivity contribution is 5.78. The van der Waals surface area contributed by atoms with Crippen molar-refractivity contribution in [3.8, 4) is 5.75 Å². The second-order valence-corrected chi connectivity index (χ2v) is 4.60. The number of aliphatic hydroxyl groups excluding tert-OH is 1. The van der Waals surface area contributed by atoms with Crippen molar-refractivity contribution in [2.24, 2.45) is 0 Å². The molecule has 2 aromatic rings. The normalized spacial score (nSPS) is 11.9. The lowest BCUT2D eigenvalue weighted by Gasteiger charge is -2.14. The van der Waals surface area contributed by atoms with Gasteiger partial charge in [0.05, 0.1) is 12.9 Å². The minimum Gasteiger partial charge on any atom is -0.484 e. The number of aliphatic hydroxyl groups is 1. The second-order valence-electron chi connectivity index (χ2n) is 4.60. The number of furan rings is 1. The number of rotatable bonds is 7. The van der Waals surface area contributed by atoms with E-state index < -0.39 is 6.04 Å². The van der Waals surface area contributed by atoms with Gasteiger partial charge in [0, 0.05) is 0 Å². The molecule has 0 fully saturated rings. The third-order valence-corrected chi connectivity index (χ3v) is 3.11. The van der Waals surface area contributed by atoms with Gasteiger partial charge in [0.15, 0.2) is 6.61 Å². The number of amides is 1. The molecule has 0 spiro atoms. The Kier molecular flexibility index (Phi) is 5.40. The Bertz CT molecular complexity index is 548. The van der Waals surface area contributed by atoms with E-state index >= 15 is 0 Å². The van der Waals surface area contributed by atoms with E-state index in [1.54, 1.807) is 12.1 Å². The van der Waals surface area contributed by atoms with Crippen LogP contribution in [0.15, 0.2) is 47.1 Å². The van der Waals surface area contributed by atoms with Crippen molar-refractivity contribution >= 4 is 5.91 Å². The van der Waals surface area contributed by atoms with E-state index in [9.17, 15) is 9.90 Å². The summed E-state index contributed by atoms with van der Waals surface area (Å²) in [5.41, 5.74) is 1.21. The average molecular weight is 289 g/mol. The number of hydrogen-bond donors (Lipinski definition) is 2. The standard InChI is InChI=1S/C16H19NO4/c1-2-12-5-7-13(8-6-12)21-11-16(19)17-14(10-18)15-4-3-9-20-15/h3-9,14,18H,2,10-11H2,1H3,(H,17,19). The molecule has 1 amide bonds. The Balaban J connectivity index is 1.83. The Hall–Kier alpha value is -2.27. The summed E-state index contributed by atoms with van der Waals surface area (Å²) in [6.45, 7) is 1.74. The zero-order valence-electron chi connectivity index (χ0n) is 11.9. The fourth-order valence-electron chi connectivity index (χ4n) is 1.90. The van der Waals surface area contributed by atoms with Crippen LogP contribution in [0.5, 0.6) is 5.75 Å². The van der Waals surface area contributed by atoms with E-state index in [1.165, 1.54) is 11.8 Å². The molecule has 2 N–H and O–H groups in total. The minimum atomic E-state index is -0.557. The summed E-state index contributed by atoms with van der Waals surface area (Å²) in [7, 11) is 0. The van der Waals surface area contributed by atoms with Crippen molar-refractivity contribution in [3.63, 3.8) is 0 Å². The molecule has 1 unspecified atom stereocenters. The van der Waals surface area contributed by atoms with Gasteiger partial charge < -0.3 is 19.6 Å². The number of hydrogen-bond acceptors (Lipinski definition) is 4. The maximum atomic E-state index is 11.8. The molecule has 0 bridgehead atoms. The zero-order valence-corrected chi connectivity index (χ0v) is 11.9. The quantitative estimate of drug-likeness (QED) is 0.818. The van der Waals surface area contributed by atoms with Crippen LogP contribution in [-0.2, 0) is 11.2 Å². The number of benzene rings is 1. The molecule has 0 saturated heterocycles. The van der Waals surface area contributed by atoms with Crippen molar-refractivity contribution in [2.45, 2.75) is 19.4 Å². The van der Waals surface area contributed by atoms with Crippen LogP contribution >= 0.6 is 0 Å². The fraction of sp³-hybridized carbons (Fsp3) is 0.312. The summed E-state index contributed by atoms with van der Waals surface area (Å²) in [6, 6.07) is 10.4. The molecule has 0 aliphatic carbocycles. The first-order valence-electron chi connectivity index (χ1n) is 6.88. The van der Waals surface area contributed by atoms with Gasteiger partial charge in [-0.1, -0.05) is 19.1 Å². The van der Waals surface area contributed by atoms with Crippen LogP contribution in [0.4, 0.5) is 0 Å². The summed E-state index contributed by atoms with van der Waals surface area (Å²) >= 11 is 0. The molecular formula is C16H19NO4. The van der Waals surface area contributed by atoms with E-state index in [4.69, 9.17) is 9.15 Å². The van der Waals surface area contributed by atoms with Gasteiger partial charge in [-0.15, -0.1) is 0 Å². The molecular weight excluding hydrogens is 270 g/mol. The maximum Gasteiger partial charge on any atom is 0.258 e. The summed E-state index contributed by atoms with van der Waals surface area (Å²) in [6.07, 6.45) is 2.46. The van der Waals surface area contributed by atoms with Gasteiger partial charge >= 0.3 is 0 Å². The van der Waals surface area contributed by atoms with Gasteiger partial charge in [-0.25, -0.2) is 0 Å². The lowest BCUT2D eigenvalue weighted by molar-refractivity contribution is -0.124. The van der Waals surface area contributed by atoms with Crippen molar-refractivity contribution in [3.05, 3.63) is 54.0 Å². The highest BCUT2D eigenvalue weighted by atomic mass is 16.5. The first-order chi connectivity index (χ1) is 10.2. The summed E-state index contributed by atoms with van der Waals surface area (Å²) in [4.78, 5) is 11.8. The van der Waals surface area contributed by atoms with E-state index in [2.05, 4.69) is 12.2 Å². The lowest BCUT2D eigenvalue weighted by Crippen LogP contribution is -2.34. The van der Waals surface area contributed by atoms with Crippen LogP contribution in [0.1, 0.15) is 24.3 Å². The highest BCUT2D eigenvalue weighted by Crippen LogP contribution is 2.14. The SMILES string of the molecule is CCc1ccc(OCC(=O)NC(CO)c2ccco2)cc1. The number of ether oxygens (including phenoxy) is 1. The number of carbonyl (C=O) groups excluding carboxylic acids is 1. The molecule has 5 heteroatoms. The number of carbonyl (C=O) groups is 1. The molecule has 0 aliphatic rings. The first kappa shape index (κ1) is 15.1. The molecule has 2 rings (SSSR count). The highest BCUT2D eigenvalue weighted by Gasteiger charge is 2.16. The molecule has 21 heavy (non-hydrogen) atoms. The van der Waals surface area contributed by atoms with Crippen molar-refractivity contribution in [2.75, 3.05) is 13.2 Å². The Morgan fingerprint density at radius 2 is 2.10 bits per heavy atom. The molecule has 0 saturated carbocycles. The third-order valence-electron chi connectivity index (χ3n) is 3.11. The smallest absolute Gasteiger partial charge is 0.258 e. The molecule has 5 nitrogen and oxygen atoms in total. The molecule has 112 valence electrons. The van der Waals surface area contributed by atoms with Crippen LogP contribution in [0.2, 0.25) is 0 Å². The molecule has 1 aromatic carbocycles. The molecule has 0 aliphatic heterocycles. The zero-order chi connectivity index (χ0) is 15.1. The predicted octanol–water partition coefficient (Wildman–Crippen LogP) is 2.07. The van der Waals surface area contributed by atoms with Gasteiger partial charge in [-0.2, -0.15) is 0 Å². The van der Waals surface area contributed by atoms with Crippen LogP contribution in [-0.4, -0.2) is 24.2 Å². The Morgan fingerprint density at radius 3 is 2.67 bits per heavy atom. The Labute approximate surface area is 123 Å². The van der Waals surface area contributed by atoms with Crippen molar-refractivity contribution < 1.29 is 19.1 Å². The topological polar surface area (TPSA) is 71.7 Å². The second kappa shape index (κ2) is 7.50. The summed E-state index contributed by atoms with van der Waals surface area (Å²) in [5, 5.41) is 11.9. The monoisotopic (exact) mass is 289 g/mol. The van der Waals surface area contributed by atoms with Gasteiger partial charge in [0.2, 0.25) is 0 Å². The van der Waals surface area contributed by atoms with Crippen LogP contribution in [0.3, 0.4) is 0 Å². The molecule has 1 heterocycles. The first-order valence-corrected chi connectivity index (χ1v) is 6.88. The van der Waals surface area contributed by atoms with Gasteiger partial charge in [-0.3, -0.25) is 4.79 Å². The van der Waals surface area contributed by atoms with Crippen molar-refractivity contribution in [1.29, 1.82) is 0 Å². The lowest BCUT2D eigenvalue weighted by atomic mass is 10.2. The number of aryl methyl sites for hydroxylation is 1. The predicted molar refractivity (Wildman–Crippen MR) is 78.0 cm³/mol. The van der Waals surface area contributed by atoms with Gasteiger partial charge in [0.25, 0.3) is 5.91 Å². The van der Waals surface area contributed by atoms with E-state index in [1.807, 2.05) is 24.3 Å². The number of nitrogens with one attached hydrogen (secondary N) is 1. The Morgan fingerprint density at radius 1 is 1.33 bits per heavy atom. The fourth-order valence-corrected chi connectivity index (χ4v) is 1.90. The van der Waals surface area contributed by atoms with Crippen molar-refractivity contribution in [1.82, 2.24) is 5.32 Å². The molecule has 1 atom stereocenters. The van der Waals surface area contributed by atoms with Gasteiger partial charge in [-0.05, 0) is 36.2 Å². The van der Waals surface area contributed by atoms with Crippen LogP contribution < -0.4 is 10.1 Å². The largest absolute Gasteiger partial charge is 0.484 e. The average Bonchev–Trinajstić information content (AvgIpc) is 3.05. The van der Waals surface area contributed by atoms with Crippen LogP contribution in [0, 0.1) is 0 Å². The summed E-state index contributed by atoms with van der Waals surface area (Å²) < 4.78 is 10.6. The van der Waals surface area contributed by atoms with E-state index in [0.717, 1.165) is 6.42 Å². The summed E-state index contributed by atoms with van der Waals surface area (Å²) in [5.74, 6) is 0.837. The molecule has 1 aromatic heterocycles. The van der Waals surface area contributed by atoms with E-state index in [-0.39, 0.29) is 19.1 Å². The maximum absolute atomic E-state index is 11.8. The molecule has 0 radical (unpaired) electrons. The van der Waals surface area contributed by atoms with E-state index in [0.29, 0.717) is 11.5 Å². The van der Waals surface area contributed by atoms with Crippen LogP contribution in [0.25, 0.3) is 0 Å². The van der Waals surface area contributed by atoms with Gasteiger partial charge in [0.1, 0.15) is 17.6 Å². The third kappa shape index (κ3) is 4.36. The minimum absolute atomic E-state index is 0.108.